The van der Waals surface area contributed by atoms with Crippen LogP contribution >= 0.6 is 0 Å². The number of morpholine rings is 1. The number of amides is 1. The molecule has 2 atom stereocenters. The normalized spacial score (nSPS) is 22.7. The molecule has 0 radical (unpaired) electrons. The van der Waals surface area contributed by atoms with Crippen LogP contribution in [-0.2, 0) is 19.1 Å². The van der Waals surface area contributed by atoms with E-state index in [0.29, 0.717) is 19.7 Å². The second kappa shape index (κ2) is 5.84. The van der Waals surface area contributed by atoms with Crippen LogP contribution in [-0.4, -0.2) is 49.7 Å². The van der Waals surface area contributed by atoms with Gasteiger partial charge in [-0.2, -0.15) is 0 Å². The van der Waals surface area contributed by atoms with E-state index in [1.807, 2.05) is 13.8 Å². The Morgan fingerprint density at radius 3 is 2.81 bits per heavy atom. The number of methoxy groups -OCH3 is 1. The van der Waals surface area contributed by atoms with Crippen LogP contribution in [0.2, 0.25) is 0 Å². The molecule has 2 unspecified atom stereocenters. The molecule has 0 bridgehead atoms. The molecule has 1 aliphatic rings. The highest BCUT2D eigenvalue weighted by Crippen LogP contribution is 2.12. The van der Waals surface area contributed by atoms with Crippen molar-refractivity contribution < 1.29 is 19.1 Å². The minimum atomic E-state index is -0.633. The monoisotopic (exact) mass is 229 g/mol. The SMILES string of the molecule is CCC(C)C(=O)N1CCOC(C(=O)OC)C1. The number of carbonyl (C=O) groups is 2. The third-order valence-corrected chi connectivity index (χ3v) is 2.88. The molecule has 5 heteroatoms. The molecule has 1 rings (SSSR count). The molecule has 1 heterocycles. The lowest BCUT2D eigenvalue weighted by molar-refractivity contribution is -0.163. The summed E-state index contributed by atoms with van der Waals surface area (Å²) in [5, 5.41) is 0. The van der Waals surface area contributed by atoms with Gasteiger partial charge < -0.3 is 14.4 Å². The molecule has 92 valence electrons. The summed E-state index contributed by atoms with van der Waals surface area (Å²) in [6.45, 7) is 5.11. The summed E-state index contributed by atoms with van der Waals surface area (Å²) in [5.74, 6) is -0.335. The van der Waals surface area contributed by atoms with Crippen molar-refractivity contribution in [3.63, 3.8) is 0 Å². The fourth-order valence-corrected chi connectivity index (χ4v) is 1.61. The van der Waals surface area contributed by atoms with Gasteiger partial charge in [-0.25, -0.2) is 4.79 Å². The summed E-state index contributed by atoms with van der Waals surface area (Å²) in [4.78, 5) is 24.9. The Kier molecular flexibility index (Phi) is 4.73. The molecule has 0 aliphatic carbocycles. The Morgan fingerprint density at radius 1 is 1.56 bits per heavy atom. The van der Waals surface area contributed by atoms with Crippen LogP contribution in [0, 0.1) is 5.92 Å². The maximum Gasteiger partial charge on any atom is 0.336 e. The van der Waals surface area contributed by atoms with Crippen molar-refractivity contribution in [2.75, 3.05) is 26.8 Å². The minimum absolute atomic E-state index is 0.00334. The average Bonchev–Trinajstić information content (AvgIpc) is 2.36. The van der Waals surface area contributed by atoms with Gasteiger partial charge in [0.15, 0.2) is 6.10 Å². The van der Waals surface area contributed by atoms with E-state index >= 15 is 0 Å². The molecule has 1 aliphatic heterocycles. The molecule has 16 heavy (non-hydrogen) atoms. The van der Waals surface area contributed by atoms with Crippen LogP contribution in [0.15, 0.2) is 0 Å². The third-order valence-electron chi connectivity index (χ3n) is 2.88. The van der Waals surface area contributed by atoms with Crippen molar-refractivity contribution in [3.8, 4) is 0 Å². The lowest BCUT2D eigenvalue weighted by atomic mass is 10.1. The van der Waals surface area contributed by atoms with Crippen LogP contribution in [0.5, 0.6) is 0 Å². The number of rotatable bonds is 3. The van der Waals surface area contributed by atoms with Crippen molar-refractivity contribution in [1.29, 1.82) is 0 Å². The van der Waals surface area contributed by atoms with Gasteiger partial charge in [0.2, 0.25) is 5.91 Å². The average molecular weight is 229 g/mol. The molecule has 0 aromatic heterocycles. The fourth-order valence-electron chi connectivity index (χ4n) is 1.61. The molecular weight excluding hydrogens is 210 g/mol. The number of hydrogen-bond acceptors (Lipinski definition) is 4. The summed E-state index contributed by atoms with van der Waals surface area (Å²) in [7, 11) is 1.32. The van der Waals surface area contributed by atoms with E-state index in [1.54, 1.807) is 4.90 Å². The number of carbonyl (C=O) groups excluding carboxylic acids is 2. The summed E-state index contributed by atoms with van der Waals surface area (Å²) in [6, 6.07) is 0. The van der Waals surface area contributed by atoms with Crippen LogP contribution < -0.4 is 0 Å². The zero-order valence-corrected chi connectivity index (χ0v) is 10.1. The molecule has 0 aromatic rings. The van der Waals surface area contributed by atoms with Gasteiger partial charge in [-0.05, 0) is 6.42 Å². The van der Waals surface area contributed by atoms with Gasteiger partial charge in [0.25, 0.3) is 0 Å². The lowest BCUT2D eigenvalue weighted by Gasteiger charge is -2.33. The van der Waals surface area contributed by atoms with Gasteiger partial charge in [-0.3, -0.25) is 4.79 Å². The summed E-state index contributed by atoms with van der Waals surface area (Å²) in [6.07, 6.45) is 0.172. The van der Waals surface area contributed by atoms with Crippen molar-refractivity contribution in [3.05, 3.63) is 0 Å². The van der Waals surface area contributed by atoms with E-state index in [2.05, 4.69) is 4.74 Å². The van der Waals surface area contributed by atoms with Crippen LogP contribution in [0.4, 0.5) is 0 Å². The summed E-state index contributed by atoms with van der Waals surface area (Å²) < 4.78 is 9.86. The first-order valence-electron chi connectivity index (χ1n) is 5.58. The topological polar surface area (TPSA) is 55.8 Å². The van der Waals surface area contributed by atoms with Gasteiger partial charge >= 0.3 is 5.97 Å². The number of ether oxygens (including phenoxy) is 2. The van der Waals surface area contributed by atoms with Crippen molar-refractivity contribution in [1.82, 2.24) is 4.90 Å². The molecule has 1 fully saturated rings. The number of nitrogens with zero attached hydrogens (tertiary/aromatic N) is 1. The molecule has 0 aromatic carbocycles. The summed E-state index contributed by atoms with van der Waals surface area (Å²) >= 11 is 0. The molecule has 0 spiro atoms. The second-order valence-corrected chi connectivity index (χ2v) is 3.98. The molecule has 1 saturated heterocycles. The first kappa shape index (κ1) is 13.0. The maximum atomic E-state index is 11.9. The van der Waals surface area contributed by atoms with E-state index in [0.717, 1.165) is 6.42 Å². The van der Waals surface area contributed by atoms with E-state index in [4.69, 9.17) is 4.74 Å². The van der Waals surface area contributed by atoms with Crippen LogP contribution in [0.1, 0.15) is 20.3 Å². The lowest BCUT2D eigenvalue weighted by Crippen LogP contribution is -2.50. The second-order valence-electron chi connectivity index (χ2n) is 3.98. The summed E-state index contributed by atoms with van der Waals surface area (Å²) in [5.41, 5.74) is 0. The highest BCUT2D eigenvalue weighted by Gasteiger charge is 2.31. The van der Waals surface area contributed by atoms with E-state index in [1.165, 1.54) is 7.11 Å². The molecule has 1 amide bonds. The minimum Gasteiger partial charge on any atom is -0.467 e. The van der Waals surface area contributed by atoms with E-state index < -0.39 is 12.1 Å². The zero-order chi connectivity index (χ0) is 12.1. The Bertz CT molecular complexity index is 267. The van der Waals surface area contributed by atoms with Crippen LogP contribution in [0.3, 0.4) is 0 Å². The molecule has 0 N–H and O–H groups in total. The predicted octanol–water partition coefficient (Wildman–Crippen LogP) is 0.433. The first-order chi connectivity index (χ1) is 7.60. The van der Waals surface area contributed by atoms with Gasteiger partial charge in [0.05, 0.1) is 20.3 Å². The molecular formula is C11H19NO4. The Labute approximate surface area is 95.7 Å². The number of hydrogen-bond donors (Lipinski definition) is 0. The van der Waals surface area contributed by atoms with Crippen molar-refractivity contribution in [2.24, 2.45) is 5.92 Å². The third kappa shape index (κ3) is 2.95. The molecule has 5 nitrogen and oxygen atoms in total. The standard InChI is InChI=1S/C11H19NO4/c1-4-8(2)10(13)12-5-6-16-9(7-12)11(14)15-3/h8-9H,4-7H2,1-3H3. The van der Waals surface area contributed by atoms with E-state index in [9.17, 15) is 9.59 Å². The predicted molar refractivity (Wildman–Crippen MR) is 57.8 cm³/mol. The highest BCUT2D eigenvalue weighted by molar-refractivity contribution is 5.80. The van der Waals surface area contributed by atoms with E-state index in [-0.39, 0.29) is 11.8 Å². The van der Waals surface area contributed by atoms with Crippen molar-refractivity contribution >= 4 is 11.9 Å². The molecule has 0 saturated carbocycles. The Hall–Kier alpha value is -1.10. The number of esters is 1. The first-order valence-corrected chi connectivity index (χ1v) is 5.58. The fraction of sp³-hybridized carbons (Fsp3) is 0.818. The van der Waals surface area contributed by atoms with Gasteiger partial charge in [-0.15, -0.1) is 0 Å². The smallest absolute Gasteiger partial charge is 0.336 e. The largest absolute Gasteiger partial charge is 0.467 e. The zero-order valence-electron chi connectivity index (χ0n) is 10.1. The highest BCUT2D eigenvalue weighted by atomic mass is 16.6. The van der Waals surface area contributed by atoms with Gasteiger partial charge in [-0.1, -0.05) is 13.8 Å². The van der Waals surface area contributed by atoms with Crippen LogP contribution in [0.25, 0.3) is 0 Å². The van der Waals surface area contributed by atoms with Gasteiger partial charge in [0, 0.05) is 12.5 Å². The Morgan fingerprint density at radius 2 is 2.25 bits per heavy atom. The maximum absolute atomic E-state index is 11.9. The Balaban J connectivity index is 2.56. The quantitative estimate of drug-likeness (QED) is 0.659. The van der Waals surface area contributed by atoms with Gasteiger partial charge in [0.1, 0.15) is 0 Å². The van der Waals surface area contributed by atoms with Crippen molar-refractivity contribution in [2.45, 2.75) is 26.4 Å².